The van der Waals surface area contributed by atoms with Crippen LogP contribution in [0.15, 0.2) is 0 Å². The molecule has 0 radical (unpaired) electrons. The fourth-order valence-electron chi connectivity index (χ4n) is 3.58. The highest BCUT2D eigenvalue weighted by Crippen LogP contribution is 2.36. The van der Waals surface area contributed by atoms with E-state index < -0.39 is 23.5 Å². The van der Waals surface area contributed by atoms with Gasteiger partial charge < -0.3 is 15.3 Å². The molecule has 0 bridgehead atoms. The van der Waals surface area contributed by atoms with Crippen LogP contribution in [0.25, 0.3) is 0 Å². The van der Waals surface area contributed by atoms with Crippen LogP contribution < -0.4 is 0 Å². The Labute approximate surface area is 152 Å². The van der Waals surface area contributed by atoms with Crippen LogP contribution in [0.5, 0.6) is 0 Å². The van der Waals surface area contributed by atoms with Gasteiger partial charge in [-0.2, -0.15) is 0 Å². The van der Waals surface area contributed by atoms with Crippen molar-refractivity contribution in [3.63, 3.8) is 0 Å². The van der Waals surface area contributed by atoms with E-state index in [1.165, 1.54) is 0 Å². The van der Waals surface area contributed by atoms with Crippen molar-refractivity contribution in [1.82, 2.24) is 0 Å². The SMILES string of the molecule is CCCCC(CC)CC(C(=O)O)C(O)(CC(CC)CCCC)C(=O)O. The van der Waals surface area contributed by atoms with E-state index in [0.29, 0.717) is 0 Å². The van der Waals surface area contributed by atoms with Crippen LogP contribution in [0.3, 0.4) is 0 Å². The van der Waals surface area contributed by atoms with Gasteiger partial charge in [0.2, 0.25) is 0 Å². The summed E-state index contributed by atoms with van der Waals surface area (Å²) in [5.74, 6) is -3.71. The topological polar surface area (TPSA) is 94.8 Å². The van der Waals surface area contributed by atoms with Crippen LogP contribution in [0.4, 0.5) is 0 Å². The summed E-state index contributed by atoms with van der Waals surface area (Å²) in [5, 5.41) is 30.2. The molecule has 0 fully saturated rings. The maximum atomic E-state index is 11.9. The van der Waals surface area contributed by atoms with Crippen molar-refractivity contribution in [3.05, 3.63) is 0 Å². The molecule has 0 aliphatic carbocycles. The van der Waals surface area contributed by atoms with Gasteiger partial charge in [-0.05, 0) is 24.7 Å². The minimum Gasteiger partial charge on any atom is -0.481 e. The lowest BCUT2D eigenvalue weighted by Gasteiger charge is -2.34. The maximum absolute atomic E-state index is 11.9. The molecule has 5 nitrogen and oxygen atoms in total. The zero-order valence-electron chi connectivity index (χ0n) is 16.5. The first-order valence-corrected chi connectivity index (χ1v) is 9.95. The molecule has 0 saturated heterocycles. The van der Waals surface area contributed by atoms with Gasteiger partial charge in [-0.15, -0.1) is 0 Å². The fourth-order valence-corrected chi connectivity index (χ4v) is 3.58. The van der Waals surface area contributed by atoms with E-state index in [1.54, 1.807) is 0 Å². The summed E-state index contributed by atoms with van der Waals surface area (Å²) >= 11 is 0. The Balaban J connectivity index is 5.39. The van der Waals surface area contributed by atoms with E-state index in [0.717, 1.165) is 51.4 Å². The molecule has 3 N–H and O–H groups in total. The second-order valence-electron chi connectivity index (χ2n) is 7.39. The van der Waals surface area contributed by atoms with Gasteiger partial charge in [-0.1, -0.05) is 79.1 Å². The zero-order chi connectivity index (χ0) is 19.5. The molecule has 0 aromatic heterocycles. The molecule has 0 aliphatic heterocycles. The number of hydrogen-bond donors (Lipinski definition) is 3. The lowest BCUT2D eigenvalue weighted by atomic mass is 9.73. The van der Waals surface area contributed by atoms with Gasteiger partial charge in [0, 0.05) is 0 Å². The summed E-state index contributed by atoms with van der Waals surface area (Å²) in [5.41, 5.74) is -2.19. The third-order valence-corrected chi connectivity index (χ3v) is 5.50. The van der Waals surface area contributed by atoms with Gasteiger partial charge in [0.1, 0.15) is 0 Å². The van der Waals surface area contributed by atoms with Crippen molar-refractivity contribution >= 4 is 11.9 Å². The van der Waals surface area contributed by atoms with Gasteiger partial charge >= 0.3 is 11.9 Å². The van der Waals surface area contributed by atoms with Crippen molar-refractivity contribution in [1.29, 1.82) is 0 Å². The maximum Gasteiger partial charge on any atom is 0.336 e. The molecule has 0 saturated carbocycles. The number of carboxylic acids is 2. The number of aliphatic carboxylic acids is 2. The Hall–Kier alpha value is -1.10. The van der Waals surface area contributed by atoms with Crippen molar-refractivity contribution in [2.24, 2.45) is 17.8 Å². The quantitative estimate of drug-likeness (QED) is 0.394. The average Bonchev–Trinajstić information content (AvgIpc) is 2.58. The molecule has 25 heavy (non-hydrogen) atoms. The first-order valence-electron chi connectivity index (χ1n) is 9.95. The second-order valence-corrected chi connectivity index (χ2v) is 7.39. The Morgan fingerprint density at radius 1 is 0.880 bits per heavy atom. The summed E-state index contributed by atoms with van der Waals surface area (Å²) in [4.78, 5) is 23.7. The molecule has 0 heterocycles. The molecule has 0 rings (SSSR count). The molecule has 0 amide bonds. The predicted molar refractivity (Wildman–Crippen MR) is 99.6 cm³/mol. The highest BCUT2D eigenvalue weighted by molar-refractivity contribution is 5.85. The highest BCUT2D eigenvalue weighted by atomic mass is 16.4. The Morgan fingerprint density at radius 3 is 1.72 bits per heavy atom. The monoisotopic (exact) mass is 358 g/mol. The third kappa shape index (κ3) is 7.76. The lowest BCUT2D eigenvalue weighted by Crippen LogP contribution is -2.51. The van der Waals surface area contributed by atoms with E-state index in [9.17, 15) is 24.9 Å². The van der Waals surface area contributed by atoms with Gasteiger partial charge in [-0.25, -0.2) is 4.79 Å². The van der Waals surface area contributed by atoms with Crippen molar-refractivity contribution in [2.45, 2.75) is 97.5 Å². The van der Waals surface area contributed by atoms with Gasteiger partial charge in [-0.3, -0.25) is 4.79 Å². The van der Waals surface area contributed by atoms with Crippen molar-refractivity contribution in [3.8, 4) is 0 Å². The van der Waals surface area contributed by atoms with E-state index >= 15 is 0 Å². The number of carbonyl (C=O) groups is 2. The molecule has 0 aromatic carbocycles. The highest BCUT2D eigenvalue weighted by Gasteiger charge is 2.49. The molecular weight excluding hydrogens is 320 g/mol. The summed E-state index contributed by atoms with van der Waals surface area (Å²) in [7, 11) is 0. The molecule has 0 aromatic rings. The van der Waals surface area contributed by atoms with Crippen LogP contribution in [-0.2, 0) is 9.59 Å². The largest absolute Gasteiger partial charge is 0.481 e. The Kier molecular flexibility index (Phi) is 11.7. The third-order valence-electron chi connectivity index (χ3n) is 5.50. The second kappa shape index (κ2) is 12.3. The first-order chi connectivity index (χ1) is 11.8. The fraction of sp³-hybridized carbons (Fsp3) is 0.900. The van der Waals surface area contributed by atoms with Crippen LogP contribution in [0, 0.1) is 17.8 Å². The van der Waals surface area contributed by atoms with E-state index in [2.05, 4.69) is 13.8 Å². The molecule has 5 heteroatoms. The number of carboxylic acid groups (broad SMARTS) is 2. The van der Waals surface area contributed by atoms with Crippen LogP contribution in [0.2, 0.25) is 0 Å². The number of rotatable bonds is 15. The summed E-state index contributed by atoms with van der Waals surface area (Å²) < 4.78 is 0. The van der Waals surface area contributed by atoms with Gasteiger partial charge in [0.25, 0.3) is 0 Å². The lowest BCUT2D eigenvalue weighted by molar-refractivity contribution is -0.178. The Morgan fingerprint density at radius 2 is 1.36 bits per heavy atom. The zero-order valence-corrected chi connectivity index (χ0v) is 16.5. The van der Waals surface area contributed by atoms with Crippen molar-refractivity contribution < 1.29 is 24.9 Å². The van der Waals surface area contributed by atoms with Gasteiger partial charge in [0.05, 0.1) is 5.92 Å². The number of hydrogen-bond acceptors (Lipinski definition) is 3. The van der Waals surface area contributed by atoms with Crippen molar-refractivity contribution in [2.75, 3.05) is 0 Å². The van der Waals surface area contributed by atoms with E-state index in [4.69, 9.17) is 0 Å². The Bertz CT molecular complexity index is 396. The first kappa shape index (κ1) is 23.9. The summed E-state index contributed by atoms with van der Waals surface area (Å²) in [6.45, 7) is 8.11. The minimum atomic E-state index is -2.19. The molecular formula is C20H38O5. The summed E-state index contributed by atoms with van der Waals surface area (Å²) in [6.07, 6.45) is 7.44. The minimum absolute atomic E-state index is 0.0139. The number of unbranched alkanes of at least 4 members (excludes halogenated alkanes) is 2. The predicted octanol–water partition coefficient (Wildman–Crippen LogP) is 4.72. The summed E-state index contributed by atoms with van der Waals surface area (Å²) in [6, 6.07) is 0. The van der Waals surface area contributed by atoms with E-state index in [-0.39, 0.29) is 24.7 Å². The average molecular weight is 359 g/mol. The standard InChI is InChI=1S/C20H38O5/c1-5-9-11-15(7-3)13-17(18(21)22)20(25,19(23)24)14-16(8-4)12-10-6-2/h15-17,25H,5-14H2,1-4H3,(H,21,22)(H,23,24). The normalized spacial score (nSPS) is 17.5. The van der Waals surface area contributed by atoms with Gasteiger partial charge in [0.15, 0.2) is 5.60 Å². The van der Waals surface area contributed by atoms with Crippen LogP contribution in [0.1, 0.15) is 91.9 Å². The van der Waals surface area contributed by atoms with Crippen LogP contribution in [-0.4, -0.2) is 32.9 Å². The smallest absolute Gasteiger partial charge is 0.336 e. The molecule has 0 aliphatic rings. The molecule has 4 unspecified atom stereocenters. The number of aliphatic hydroxyl groups is 1. The molecule has 148 valence electrons. The van der Waals surface area contributed by atoms with E-state index in [1.807, 2.05) is 13.8 Å². The van der Waals surface area contributed by atoms with Crippen LogP contribution >= 0.6 is 0 Å². The molecule has 4 atom stereocenters. The molecule has 0 spiro atoms.